The lowest BCUT2D eigenvalue weighted by Crippen LogP contribution is -2.20. The van der Waals surface area contributed by atoms with E-state index >= 15 is 0 Å². The summed E-state index contributed by atoms with van der Waals surface area (Å²) in [4.78, 5) is 12.3. The molecule has 0 saturated carbocycles. The van der Waals surface area contributed by atoms with Crippen LogP contribution in [0.5, 0.6) is 11.5 Å². The molecule has 1 unspecified atom stereocenters. The Kier molecular flexibility index (Phi) is 4.20. The Labute approximate surface area is 107 Å². The maximum absolute atomic E-state index is 12.3. The second-order valence-electron chi connectivity index (χ2n) is 4.38. The van der Waals surface area contributed by atoms with Crippen molar-refractivity contribution in [3.63, 3.8) is 0 Å². The van der Waals surface area contributed by atoms with Crippen molar-refractivity contribution in [3.8, 4) is 11.5 Å². The smallest absolute Gasteiger partial charge is 0.172 e. The Morgan fingerprint density at radius 1 is 1.39 bits per heavy atom. The fourth-order valence-electron chi connectivity index (χ4n) is 1.96. The molecule has 0 bridgehead atoms. The Morgan fingerprint density at radius 3 is 2.94 bits per heavy atom. The molecule has 1 aromatic carbocycles. The van der Waals surface area contributed by atoms with Crippen LogP contribution in [0.4, 0.5) is 0 Å². The van der Waals surface area contributed by atoms with Gasteiger partial charge in [0.1, 0.15) is 13.2 Å². The summed E-state index contributed by atoms with van der Waals surface area (Å²) in [6.07, 6.45) is 0.708. The Hall–Kier alpha value is -1.55. The van der Waals surface area contributed by atoms with Gasteiger partial charge in [-0.1, -0.05) is 13.0 Å². The largest absolute Gasteiger partial charge is 0.486 e. The van der Waals surface area contributed by atoms with Crippen LogP contribution in [0, 0.1) is 5.92 Å². The molecule has 2 rings (SSSR count). The van der Waals surface area contributed by atoms with Gasteiger partial charge in [0, 0.05) is 19.6 Å². The van der Waals surface area contributed by atoms with Crippen LogP contribution in [-0.4, -0.2) is 32.7 Å². The maximum atomic E-state index is 12.3. The SMILES string of the molecule is COCCC(C)C(=O)c1cccc2c1OCCO2. The zero-order chi connectivity index (χ0) is 13.0. The highest BCUT2D eigenvalue weighted by atomic mass is 16.6. The number of carbonyl (C=O) groups excluding carboxylic acids is 1. The molecule has 0 saturated heterocycles. The number of hydrogen-bond acceptors (Lipinski definition) is 4. The number of carbonyl (C=O) groups is 1. The van der Waals surface area contributed by atoms with Gasteiger partial charge in [0.15, 0.2) is 17.3 Å². The Morgan fingerprint density at radius 2 is 2.17 bits per heavy atom. The number of hydrogen-bond donors (Lipinski definition) is 0. The zero-order valence-corrected chi connectivity index (χ0v) is 10.8. The van der Waals surface area contributed by atoms with Gasteiger partial charge in [-0.15, -0.1) is 0 Å². The van der Waals surface area contributed by atoms with Crippen molar-refractivity contribution in [2.75, 3.05) is 26.9 Å². The third kappa shape index (κ3) is 2.64. The maximum Gasteiger partial charge on any atom is 0.172 e. The van der Waals surface area contributed by atoms with Gasteiger partial charge in [0.25, 0.3) is 0 Å². The Bertz CT molecular complexity index is 428. The highest BCUT2D eigenvalue weighted by Crippen LogP contribution is 2.35. The van der Waals surface area contributed by atoms with E-state index < -0.39 is 0 Å². The van der Waals surface area contributed by atoms with Crippen LogP contribution in [-0.2, 0) is 4.74 Å². The van der Waals surface area contributed by atoms with E-state index in [4.69, 9.17) is 14.2 Å². The molecule has 4 nitrogen and oxygen atoms in total. The van der Waals surface area contributed by atoms with E-state index in [-0.39, 0.29) is 11.7 Å². The molecule has 0 radical (unpaired) electrons. The minimum atomic E-state index is -0.0815. The fourth-order valence-corrected chi connectivity index (χ4v) is 1.96. The lowest BCUT2D eigenvalue weighted by molar-refractivity contribution is 0.0883. The number of ketones is 1. The molecule has 0 aromatic heterocycles. The van der Waals surface area contributed by atoms with Crippen LogP contribution in [0.2, 0.25) is 0 Å². The molecule has 1 aliphatic rings. The first-order chi connectivity index (χ1) is 8.74. The second kappa shape index (κ2) is 5.87. The van der Waals surface area contributed by atoms with E-state index in [1.807, 2.05) is 19.1 Å². The molecular weight excluding hydrogens is 232 g/mol. The lowest BCUT2D eigenvalue weighted by Gasteiger charge is -2.21. The van der Waals surface area contributed by atoms with Crippen molar-refractivity contribution in [1.82, 2.24) is 0 Å². The first kappa shape index (κ1) is 12.9. The van der Waals surface area contributed by atoms with E-state index in [0.717, 1.165) is 0 Å². The summed E-state index contributed by atoms with van der Waals surface area (Å²) < 4.78 is 16.0. The van der Waals surface area contributed by atoms with Gasteiger partial charge >= 0.3 is 0 Å². The average Bonchev–Trinajstić information content (AvgIpc) is 2.43. The second-order valence-corrected chi connectivity index (χ2v) is 4.38. The molecule has 1 heterocycles. The summed E-state index contributed by atoms with van der Waals surface area (Å²) in [5, 5.41) is 0. The van der Waals surface area contributed by atoms with Crippen LogP contribution >= 0.6 is 0 Å². The topological polar surface area (TPSA) is 44.8 Å². The van der Waals surface area contributed by atoms with Crippen molar-refractivity contribution in [2.45, 2.75) is 13.3 Å². The normalized spacial score (nSPS) is 15.2. The number of ether oxygens (including phenoxy) is 3. The molecule has 18 heavy (non-hydrogen) atoms. The van der Waals surface area contributed by atoms with Crippen LogP contribution in [0.1, 0.15) is 23.7 Å². The minimum Gasteiger partial charge on any atom is -0.486 e. The van der Waals surface area contributed by atoms with Gasteiger partial charge in [-0.25, -0.2) is 0 Å². The summed E-state index contributed by atoms with van der Waals surface area (Å²) in [5.41, 5.74) is 0.607. The van der Waals surface area contributed by atoms with E-state index in [2.05, 4.69) is 0 Å². The van der Waals surface area contributed by atoms with E-state index in [1.165, 1.54) is 0 Å². The number of rotatable bonds is 5. The quantitative estimate of drug-likeness (QED) is 0.752. The first-order valence-corrected chi connectivity index (χ1v) is 6.15. The monoisotopic (exact) mass is 250 g/mol. The third-order valence-corrected chi connectivity index (χ3v) is 3.03. The molecule has 0 N–H and O–H groups in total. The molecule has 4 heteroatoms. The molecule has 98 valence electrons. The van der Waals surface area contributed by atoms with E-state index in [9.17, 15) is 4.79 Å². The van der Waals surface area contributed by atoms with Crippen molar-refractivity contribution in [3.05, 3.63) is 23.8 Å². The number of methoxy groups -OCH3 is 1. The average molecular weight is 250 g/mol. The van der Waals surface area contributed by atoms with Crippen molar-refractivity contribution in [2.24, 2.45) is 5.92 Å². The number of para-hydroxylation sites is 1. The number of fused-ring (bicyclic) bond motifs is 1. The summed E-state index contributed by atoms with van der Waals surface area (Å²) >= 11 is 0. The molecule has 1 atom stereocenters. The van der Waals surface area contributed by atoms with Crippen LogP contribution in [0.25, 0.3) is 0 Å². The van der Waals surface area contributed by atoms with Crippen LogP contribution < -0.4 is 9.47 Å². The van der Waals surface area contributed by atoms with Crippen molar-refractivity contribution in [1.29, 1.82) is 0 Å². The first-order valence-electron chi connectivity index (χ1n) is 6.15. The van der Waals surface area contributed by atoms with Gasteiger partial charge < -0.3 is 14.2 Å². The van der Waals surface area contributed by atoms with Crippen molar-refractivity contribution < 1.29 is 19.0 Å². The molecule has 0 amide bonds. The number of benzene rings is 1. The molecule has 1 aliphatic heterocycles. The zero-order valence-electron chi connectivity index (χ0n) is 10.8. The van der Waals surface area contributed by atoms with Crippen LogP contribution in [0.15, 0.2) is 18.2 Å². The van der Waals surface area contributed by atoms with E-state index in [1.54, 1.807) is 13.2 Å². The summed E-state index contributed by atoms with van der Waals surface area (Å²) in [5.74, 6) is 1.24. The standard InChI is InChI=1S/C14H18O4/c1-10(6-7-16-2)13(15)11-4-3-5-12-14(11)18-9-8-17-12/h3-5,10H,6-9H2,1-2H3. The Balaban J connectivity index is 2.19. The summed E-state index contributed by atoms with van der Waals surface area (Å²) in [6.45, 7) is 3.51. The van der Waals surface area contributed by atoms with Gasteiger partial charge in [-0.05, 0) is 18.6 Å². The summed E-state index contributed by atoms with van der Waals surface area (Å²) in [7, 11) is 1.64. The number of Topliss-reactive ketones (excluding diaryl/α,β-unsaturated/α-hetero) is 1. The molecule has 0 spiro atoms. The predicted molar refractivity (Wildman–Crippen MR) is 67.4 cm³/mol. The van der Waals surface area contributed by atoms with Crippen molar-refractivity contribution >= 4 is 5.78 Å². The predicted octanol–water partition coefficient (Wildman–Crippen LogP) is 2.31. The van der Waals surface area contributed by atoms with Gasteiger partial charge in [0.05, 0.1) is 5.56 Å². The molecule has 0 aliphatic carbocycles. The van der Waals surface area contributed by atoms with Gasteiger partial charge in [0.2, 0.25) is 0 Å². The minimum absolute atomic E-state index is 0.0781. The highest BCUT2D eigenvalue weighted by Gasteiger charge is 2.23. The third-order valence-electron chi connectivity index (χ3n) is 3.03. The highest BCUT2D eigenvalue weighted by molar-refractivity contribution is 6.00. The van der Waals surface area contributed by atoms with Gasteiger partial charge in [-0.3, -0.25) is 4.79 Å². The van der Waals surface area contributed by atoms with Crippen LogP contribution in [0.3, 0.4) is 0 Å². The summed E-state index contributed by atoms with van der Waals surface area (Å²) in [6, 6.07) is 5.44. The molecular formula is C14H18O4. The fraction of sp³-hybridized carbons (Fsp3) is 0.500. The lowest BCUT2D eigenvalue weighted by atomic mass is 9.95. The van der Waals surface area contributed by atoms with Gasteiger partial charge in [-0.2, -0.15) is 0 Å². The molecule has 0 fully saturated rings. The molecule has 1 aromatic rings. The van der Waals surface area contributed by atoms with E-state index in [0.29, 0.717) is 43.3 Å².